The molecule has 34 heavy (non-hydrogen) atoms. The molecule has 0 unspecified atom stereocenters. The fourth-order valence-corrected chi connectivity index (χ4v) is 2.95. The van der Waals surface area contributed by atoms with Gasteiger partial charge in [0.25, 0.3) is 11.8 Å². The molecule has 9 nitrogen and oxygen atoms in total. The lowest BCUT2D eigenvalue weighted by Crippen LogP contribution is -2.29. The molecule has 1 aromatic rings. The molecule has 0 radical (unpaired) electrons. The van der Waals surface area contributed by atoms with E-state index in [2.05, 4.69) is 27.8 Å². The van der Waals surface area contributed by atoms with Crippen LogP contribution in [-0.4, -0.2) is 68.2 Å². The molecule has 1 rings (SSSR count). The average molecular weight is 515 g/mol. The lowest BCUT2D eigenvalue weighted by atomic mass is 10.1. The van der Waals surface area contributed by atoms with Crippen LogP contribution < -0.4 is 26.0 Å². The molecule has 0 heterocycles. The zero-order chi connectivity index (χ0) is 25.2. The van der Waals surface area contributed by atoms with Crippen molar-refractivity contribution in [3.05, 3.63) is 42.0 Å². The number of carbonyl (C=O) groups is 4. The monoisotopic (exact) mass is 514 g/mol. The maximum atomic E-state index is 12.6. The smallest absolute Gasteiger partial charge is 0.251 e. The largest absolute Gasteiger partial charge is 0.490 e. The van der Waals surface area contributed by atoms with E-state index >= 15 is 0 Å². The molecule has 4 N–H and O–H groups in total. The number of carbonyl (C=O) groups excluding carboxylic acids is 4. The van der Waals surface area contributed by atoms with Gasteiger partial charge in [0, 0.05) is 37.3 Å². The fraction of sp³-hybridized carbons (Fsp3) is 0.478. The second-order valence-corrected chi connectivity index (χ2v) is 7.77. The summed E-state index contributed by atoms with van der Waals surface area (Å²) < 4.78 is 5.54. The van der Waals surface area contributed by atoms with Gasteiger partial charge in [-0.15, -0.1) is 23.2 Å². The van der Waals surface area contributed by atoms with Crippen molar-refractivity contribution in [2.75, 3.05) is 44.5 Å². The maximum Gasteiger partial charge on any atom is 0.251 e. The van der Waals surface area contributed by atoms with Gasteiger partial charge < -0.3 is 26.0 Å². The first-order valence-electron chi connectivity index (χ1n) is 11.0. The van der Waals surface area contributed by atoms with E-state index in [1.807, 2.05) is 0 Å². The molecular weight excluding hydrogens is 483 g/mol. The number of unbranched alkanes of at least 4 members (excludes halogenated alkanes) is 2. The second-order valence-electron chi connectivity index (χ2n) is 7.24. The van der Waals surface area contributed by atoms with Crippen LogP contribution in [0.3, 0.4) is 0 Å². The summed E-state index contributed by atoms with van der Waals surface area (Å²) in [6, 6.07) is 4.64. The van der Waals surface area contributed by atoms with E-state index in [4.69, 9.17) is 27.9 Å². The summed E-state index contributed by atoms with van der Waals surface area (Å²) in [6.45, 7) is 5.62. The summed E-state index contributed by atoms with van der Waals surface area (Å²) in [6.07, 6.45) is 4.28. The van der Waals surface area contributed by atoms with Gasteiger partial charge in [-0.1, -0.05) is 12.7 Å². The van der Waals surface area contributed by atoms with Crippen LogP contribution in [0.1, 0.15) is 46.4 Å². The molecule has 4 amide bonds. The Morgan fingerprint density at radius 1 is 0.735 bits per heavy atom. The van der Waals surface area contributed by atoms with Gasteiger partial charge in [-0.3, -0.25) is 19.2 Å². The van der Waals surface area contributed by atoms with Gasteiger partial charge in [0.05, 0.1) is 0 Å². The van der Waals surface area contributed by atoms with Crippen molar-refractivity contribution in [1.82, 2.24) is 21.3 Å². The first kappa shape index (κ1) is 29.3. The molecule has 0 saturated carbocycles. The average Bonchev–Trinajstić information content (AvgIpc) is 2.85. The van der Waals surface area contributed by atoms with E-state index < -0.39 is 0 Å². The highest BCUT2D eigenvalue weighted by Gasteiger charge is 2.14. The quantitative estimate of drug-likeness (QED) is 0.144. The number of nitrogens with one attached hydrogen (secondary N) is 4. The molecule has 0 bridgehead atoms. The van der Waals surface area contributed by atoms with Gasteiger partial charge >= 0.3 is 0 Å². The summed E-state index contributed by atoms with van der Waals surface area (Å²) in [4.78, 5) is 47.4. The van der Waals surface area contributed by atoms with Crippen molar-refractivity contribution in [2.45, 2.75) is 25.7 Å². The van der Waals surface area contributed by atoms with Crippen molar-refractivity contribution in [3.63, 3.8) is 0 Å². The highest BCUT2D eigenvalue weighted by molar-refractivity contribution is 6.27. The van der Waals surface area contributed by atoms with Gasteiger partial charge in [-0.05, 0) is 43.9 Å². The van der Waals surface area contributed by atoms with E-state index in [1.165, 1.54) is 6.07 Å². The first-order chi connectivity index (χ1) is 16.4. The summed E-state index contributed by atoms with van der Waals surface area (Å²) in [5.74, 6) is -0.911. The highest BCUT2D eigenvalue weighted by atomic mass is 35.5. The van der Waals surface area contributed by atoms with Crippen molar-refractivity contribution >= 4 is 46.8 Å². The van der Waals surface area contributed by atoms with Gasteiger partial charge in [-0.25, -0.2) is 0 Å². The van der Waals surface area contributed by atoms with Crippen LogP contribution in [0.4, 0.5) is 0 Å². The van der Waals surface area contributed by atoms with E-state index in [9.17, 15) is 19.2 Å². The summed E-state index contributed by atoms with van der Waals surface area (Å²) >= 11 is 10.8. The standard InChI is InChI=1S/C23H32Cl2N4O5/c1-2-11-34-19-13-17(22(32)28-9-5-3-7-26-20(30)15-24)12-18(14-19)23(33)29-10-6-4-8-27-21(31)16-25/h2,12-14H,1,3-11,15-16H2,(H,26,30)(H,27,31)(H,28,32)(H,29,33). The van der Waals surface area contributed by atoms with E-state index in [0.29, 0.717) is 68.7 Å². The van der Waals surface area contributed by atoms with Crippen molar-refractivity contribution in [1.29, 1.82) is 0 Å². The van der Waals surface area contributed by atoms with Crippen LogP contribution in [-0.2, 0) is 9.59 Å². The molecule has 0 fully saturated rings. The Balaban J connectivity index is 2.60. The molecule has 0 aliphatic rings. The molecule has 11 heteroatoms. The molecule has 0 saturated heterocycles. The minimum atomic E-state index is -0.335. The lowest BCUT2D eigenvalue weighted by Gasteiger charge is -2.12. The number of halogens is 2. The van der Waals surface area contributed by atoms with Crippen LogP contribution in [0, 0.1) is 0 Å². The molecule has 0 aliphatic carbocycles. The van der Waals surface area contributed by atoms with Crippen molar-refractivity contribution in [2.24, 2.45) is 0 Å². The minimum Gasteiger partial charge on any atom is -0.490 e. The Hall–Kier alpha value is -2.78. The Morgan fingerprint density at radius 2 is 1.15 bits per heavy atom. The second kappa shape index (κ2) is 17.7. The lowest BCUT2D eigenvalue weighted by molar-refractivity contribution is -0.119. The molecule has 0 aromatic heterocycles. The number of ether oxygens (including phenoxy) is 1. The summed E-state index contributed by atoms with van der Waals surface area (Å²) in [7, 11) is 0. The first-order valence-corrected chi connectivity index (χ1v) is 12.1. The third-order valence-electron chi connectivity index (χ3n) is 4.46. The van der Waals surface area contributed by atoms with Gasteiger partial charge in [-0.2, -0.15) is 0 Å². The number of alkyl halides is 2. The van der Waals surface area contributed by atoms with Crippen molar-refractivity contribution < 1.29 is 23.9 Å². The third-order valence-corrected chi connectivity index (χ3v) is 4.95. The van der Waals surface area contributed by atoms with Crippen LogP contribution in [0.25, 0.3) is 0 Å². The molecule has 0 spiro atoms. The molecule has 1 aromatic carbocycles. The summed E-state index contributed by atoms with van der Waals surface area (Å²) in [5, 5.41) is 10.9. The number of rotatable bonds is 17. The van der Waals surface area contributed by atoms with Crippen LogP contribution >= 0.6 is 23.2 Å². The predicted molar refractivity (Wildman–Crippen MR) is 133 cm³/mol. The molecular formula is C23H32Cl2N4O5. The van der Waals surface area contributed by atoms with Gasteiger partial charge in [0.2, 0.25) is 11.8 Å². The number of benzene rings is 1. The Morgan fingerprint density at radius 3 is 1.53 bits per heavy atom. The molecule has 0 aliphatic heterocycles. The highest BCUT2D eigenvalue weighted by Crippen LogP contribution is 2.18. The Labute approximate surface area is 210 Å². The normalized spacial score (nSPS) is 10.2. The number of hydrogen-bond acceptors (Lipinski definition) is 5. The van der Waals surface area contributed by atoms with Crippen LogP contribution in [0.15, 0.2) is 30.9 Å². The van der Waals surface area contributed by atoms with Crippen LogP contribution in [0.2, 0.25) is 0 Å². The number of hydrogen-bond donors (Lipinski definition) is 4. The maximum absolute atomic E-state index is 12.6. The topological polar surface area (TPSA) is 126 Å². The number of amides is 4. The SMILES string of the molecule is C=CCOc1cc(C(=O)NCCCCNC(=O)CCl)cc(C(=O)NCCCCNC(=O)CCl)c1. The van der Waals surface area contributed by atoms with E-state index in [0.717, 1.165) is 0 Å². The Bertz CT molecular complexity index is 777. The third kappa shape index (κ3) is 12.5. The molecule has 188 valence electrons. The Kier molecular flexibility index (Phi) is 15.2. The van der Waals surface area contributed by atoms with Crippen LogP contribution in [0.5, 0.6) is 5.75 Å². The zero-order valence-electron chi connectivity index (χ0n) is 19.1. The minimum absolute atomic E-state index is 0.0797. The van der Waals surface area contributed by atoms with E-state index in [1.54, 1.807) is 18.2 Å². The molecule has 0 atom stereocenters. The predicted octanol–water partition coefficient (Wildman–Crippen LogP) is 1.98. The summed E-state index contributed by atoms with van der Waals surface area (Å²) in [5.41, 5.74) is 0.594. The fourth-order valence-electron chi connectivity index (χ4n) is 2.76. The zero-order valence-corrected chi connectivity index (χ0v) is 20.6. The van der Waals surface area contributed by atoms with Gasteiger partial charge in [0.15, 0.2) is 0 Å². The van der Waals surface area contributed by atoms with E-state index in [-0.39, 0.29) is 42.0 Å². The van der Waals surface area contributed by atoms with Gasteiger partial charge in [0.1, 0.15) is 24.1 Å². The van der Waals surface area contributed by atoms with Crippen molar-refractivity contribution in [3.8, 4) is 5.75 Å².